The van der Waals surface area contributed by atoms with Crippen molar-refractivity contribution in [2.24, 2.45) is 4.40 Å². The van der Waals surface area contributed by atoms with Gasteiger partial charge in [0.2, 0.25) is 16.2 Å². The molecular weight excluding hydrogens is 138 g/mol. The highest BCUT2D eigenvalue weighted by Gasteiger charge is 1.85. The lowest BCUT2D eigenvalue weighted by Gasteiger charge is -1.72. The Morgan fingerprint density at radius 3 is 2.57 bits per heavy atom. The van der Waals surface area contributed by atoms with Crippen LogP contribution in [0.2, 0.25) is 0 Å². The summed E-state index contributed by atoms with van der Waals surface area (Å²) in [5, 5.41) is 0. The van der Waals surface area contributed by atoms with Crippen molar-refractivity contribution < 1.29 is 13.6 Å². The minimum Gasteiger partial charge on any atom is -0.296 e. The van der Waals surface area contributed by atoms with Crippen molar-refractivity contribution in [2.45, 2.75) is 0 Å². The van der Waals surface area contributed by atoms with Crippen LogP contribution in [0.4, 0.5) is 0 Å². The fraction of sp³-hybridized carbons (Fsp3) is 0. The van der Waals surface area contributed by atoms with Crippen LogP contribution in [0.25, 0.3) is 0 Å². The molecule has 40 valence electrons. The van der Waals surface area contributed by atoms with E-state index in [1.165, 1.54) is 0 Å². The quantitative estimate of drug-likeness (QED) is 0.194. The summed E-state index contributed by atoms with van der Waals surface area (Å²) >= 11 is 0. The molecule has 0 aliphatic rings. The number of nitrogens with zero attached hydrogens (tertiary/aromatic N) is 1. The van der Waals surface area contributed by atoms with E-state index in [1.807, 2.05) is 0 Å². The Kier molecular flexibility index (Phi) is 3.92. The van der Waals surface area contributed by atoms with Gasteiger partial charge in [-0.05, 0) is 0 Å². The third-order valence-corrected chi connectivity index (χ3v) is 1.02. The smallest absolute Gasteiger partial charge is 0.248 e. The van der Waals surface area contributed by atoms with Crippen LogP contribution in [0.15, 0.2) is 4.40 Å². The molecule has 0 fully saturated rings. The van der Waals surface area contributed by atoms with Crippen molar-refractivity contribution in [3.05, 3.63) is 0 Å². The maximum atomic E-state index is 9.56. The molecule has 0 heterocycles. The normalized spacial score (nSPS) is 12.1. The van der Waals surface area contributed by atoms with Crippen LogP contribution in [0, 0.1) is 0 Å². The van der Waals surface area contributed by atoms with Crippen LogP contribution >= 0.6 is 11.0 Å². The molecule has 0 aromatic carbocycles. The molecule has 0 saturated heterocycles. The number of carbonyl (C=O) groups excluding carboxylic acids is 1. The van der Waals surface area contributed by atoms with Gasteiger partial charge in [0.05, 0.1) is 0 Å². The summed E-state index contributed by atoms with van der Waals surface area (Å²) in [6.45, 7) is 0. The summed E-state index contributed by atoms with van der Waals surface area (Å²) in [4.78, 5) is 9.15. The molecule has 0 aliphatic carbocycles. The van der Waals surface area contributed by atoms with E-state index in [2.05, 4.69) is 4.40 Å². The highest BCUT2D eigenvalue weighted by molar-refractivity contribution is 8.66. The summed E-state index contributed by atoms with van der Waals surface area (Å²) in [5.41, 5.74) is 0. The Morgan fingerprint density at radius 1 is 1.86 bits per heavy atom. The number of isocyanates is 1. The number of hydrogen-bond acceptors (Lipinski definition) is 4. The summed E-state index contributed by atoms with van der Waals surface area (Å²) < 4.78 is 20.1. The zero-order valence-electron chi connectivity index (χ0n) is 3.03. The van der Waals surface area contributed by atoms with Crippen LogP contribution in [-0.4, -0.2) is 14.8 Å². The van der Waals surface area contributed by atoms with Crippen LogP contribution in [-0.2, 0) is 14.9 Å². The summed E-state index contributed by atoms with van der Waals surface area (Å²) in [5.74, 6) is 0. The van der Waals surface area contributed by atoms with Gasteiger partial charge >= 0.3 is 0 Å². The van der Waals surface area contributed by atoms with Crippen molar-refractivity contribution in [3.8, 4) is 0 Å². The Balaban J connectivity index is 3.32. The van der Waals surface area contributed by atoms with Gasteiger partial charge in [-0.25, -0.2) is 9.00 Å². The van der Waals surface area contributed by atoms with Crippen LogP contribution in [0.5, 0.6) is 0 Å². The molecule has 0 aliphatic heterocycles. The second-order valence-electron chi connectivity index (χ2n) is 0.474. The molecule has 0 rings (SSSR count). The molecule has 0 aromatic rings. The fourth-order valence-corrected chi connectivity index (χ4v) is 0.424. The molecule has 4 nitrogen and oxygen atoms in total. The Hall–Kier alpha value is -0.160. The topological polar surface area (TPSA) is 66.7 Å². The summed E-state index contributed by atoms with van der Waals surface area (Å²) in [6, 6.07) is 0. The van der Waals surface area contributed by atoms with E-state index in [0.717, 1.165) is 6.08 Å². The monoisotopic (exact) mass is 139 g/mol. The van der Waals surface area contributed by atoms with Crippen molar-refractivity contribution in [1.29, 1.82) is 0 Å². The van der Waals surface area contributed by atoms with Crippen molar-refractivity contribution in [1.82, 2.24) is 0 Å². The first-order valence-corrected chi connectivity index (χ1v) is 3.52. The van der Waals surface area contributed by atoms with Gasteiger partial charge in [-0.1, -0.05) is 0 Å². The number of hydrogen-bond donors (Lipinski definition) is 1. The third kappa shape index (κ3) is 5.84. The zero-order valence-corrected chi connectivity index (χ0v) is 4.66. The van der Waals surface area contributed by atoms with E-state index in [-0.39, 0.29) is 11.0 Å². The maximum absolute atomic E-state index is 9.56. The predicted molar refractivity (Wildman–Crippen MR) is 26.5 cm³/mol. The largest absolute Gasteiger partial charge is 0.296 e. The average molecular weight is 139 g/mol. The molecule has 1 unspecified atom stereocenters. The summed E-state index contributed by atoms with van der Waals surface area (Å²) in [6.07, 6.45) is 1.08. The van der Waals surface area contributed by atoms with Crippen LogP contribution in [0.1, 0.15) is 0 Å². The first kappa shape index (κ1) is 6.84. The highest BCUT2D eigenvalue weighted by atomic mass is 33.1. The molecular formula is CHNO3S2. The van der Waals surface area contributed by atoms with Gasteiger partial charge in [-0.2, -0.15) is 0 Å². The average Bonchev–Trinajstić information content (AvgIpc) is 1.61. The van der Waals surface area contributed by atoms with Gasteiger partial charge in [0.1, 0.15) is 11.0 Å². The van der Waals surface area contributed by atoms with E-state index >= 15 is 0 Å². The van der Waals surface area contributed by atoms with Crippen LogP contribution < -0.4 is 0 Å². The van der Waals surface area contributed by atoms with E-state index in [9.17, 15) is 4.21 Å². The van der Waals surface area contributed by atoms with Gasteiger partial charge in [-0.15, -0.1) is 4.40 Å². The van der Waals surface area contributed by atoms with Gasteiger partial charge < -0.3 is 0 Å². The second-order valence-corrected chi connectivity index (χ2v) is 2.54. The molecule has 0 spiro atoms. The molecule has 6 heteroatoms. The lowest BCUT2D eigenvalue weighted by atomic mass is 11.7. The van der Waals surface area contributed by atoms with Gasteiger partial charge in [0.15, 0.2) is 0 Å². The van der Waals surface area contributed by atoms with Crippen LogP contribution in [0.3, 0.4) is 0 Å². The molecule has 0 saturated carbocycles. The lowest BCUT2D eigenvalue weighted by Crippen LogP contribution is -1.69. The SMILES string of the molecule is O=C=NSS(=O)O. The van der Waals surface area contributed by atoms with E-state index < -0.39 is 10.1 Å². The van der Waals surface area contributed by atoms with Gasteiger partial charge in [-0.3, -0.25) is 4.55 Å². The standard InChI is InChI=1S/CHNO3S2/c3-1-2-6-7(4)5/h(H,4,5). The molecule has 7 heavy (non-hydrogen) atoms. The zero-order chi connectivity index (χ0) is 5.70. The molecule has 0 amide bonds. The molecule has 0 aromatic heterocycles. The molecule has 0 radical (unpaired) electrons. The first-order chi connectivity index (χ1) is 3.27. The van der Waals surface area contributed by atoms with E-state index in [1.54, 1.807) is 0 Å². The molecule has 0 bridgehead atoms. The Labute approximate surface area is 45.8 Å². The maximum Gasteiger partial charge on any atom is 0.248 e. The van der Waals surface area contributed by atoms with E-state index in [4.69, 9.17) is 9.35 Å². The minimum absolute atomic E-state index is 0.260. The Bertz CT molecular complexity index is 116. The molecule has 1 atom stereocenters. The van der Waals surface area contributed by atoms with Crippen molar-refractivity contribution in [3.63, 3.8) is 0 Å². The summed E-state index contributed by atoms with van der Waals surface area (Å²) in [7, 11) is -1.82. The fourth-order valence-electron chi connectivity index (χ4n) is 0.0471. The van der Waals surface area contributed by atoms with Gasteiger partial charge in [0.25, 0.3) is 0 Å². The van der Waals surface area contributed by atoms with E-state index in [0.29, 0.717) is 0 Å². The molecule has 1 N–H and O–H groups in total. The number of rotatable bonds is 2. The highest BCUT2D eigenvalue weighted by Crippen LogP contribution is 2.01. The predicted octanol–water partition coefficient (Wildman–Crippen LogP) is 0.107. The third-order valence-electron chi connectivity index (χ3n) is 0.138. The second kappa shape index (κ2) is 4.01. The van der Waals surface area contributed by atoms with Gasteiger partial charge in [0, 0.05) is 0 Å². The Morgan fingerprint density at radius 2 is 2.43 bits per heavy atom. The minimum atomic E-state index is -2.08. The van der Waals surface area contributed by atoms with Crippen molar-refractivity contribution >= 4 is 27.2 Å². The van der Waals surface area contributed by atoms with Crippen molar-refractivity contribution in [2.75, 3.05) is 0 Å². The first-order valence-electron chi connectivity index (χ1n) is 1.13. The lowest BCUT2D eigenvalue weighted by molar-refractivity contribution is 0.566.